The molecule has 1 heterocycles. The van der Waals surface area contributed by atoms with Gasteiger partial charge in [0.2, 0.25) is 5.91 Å². The largest absolute Gasteiger partial charge is 0.323 e. The van der Waals surface area contributed by atoms with E-state index in [2.05, 4.69) is 15.4 Å². The van der Waals surface area contributed by atoms with Crippen LogP contribution in [0.3, 0.4) is 0 Å². The quantitative estimate of drug-likeness (QED) is 0.877. The van der Waals surface area contributed by atoms with E-state index in [0.29, 0.717) is 10.7 Å². The Balaban J connectivity index is 2.08. The molecule has 1 aromatic heterocycles. The highest BCUT2D eigenvalue weighted by atomic mass is 35.5. The molecule has 0 bridgehead atoms. The topological polar surface area (TPSA) is 83.6 Å². The fraction of sp³-hybridized carbons (Fsp3) is 0.0909. The number of carbonyl (C=O) groups excluding carboxylic acids is 1. The summed E-state index contributed by atoms with van der Waals surface area (Å²) in [6, 6.07) is 4.65. The first-order valence-electron chi connectivity index (χ1n) is 5.23. The molecule has 0 atom stereocenters. The molecule has 0 saturated carbocycles. The molecule has 0 spiro atoms. The van der Waals surface area contributed by atoms with E-state index in [1.54, 1.807) is 6.07 Å². The Kier molecular flexibility index (Phi) is 4.45. The SMILES string of the molecule is N#Cc1ncn(CC(=O)Nc2cc(Cl)c(Cl)cc2Cl)n1. The molecule has 0 aliphatic heterocycles. The summed E-state index contributed by atoms with van der Waals surface area (Å²) in [6.07, 6.45) is 1.29. The molecule has 9 heteroatoms. The monoisotopic (exact) mass is 329 g/mol. The Hall–Kier alpha value is -1.81. The zero-order valence-electron chi connectivity index (χ0n) is 9.77. The van der Waals surface area contributed by atoms with Crippen LogP contribution in [0.2, 0.25) is 15.1 Å². The summed E-state index contributed by atoms with van der Waals surface area (Å²) in [5, 5.41) is 15.8. The van der Waals surface area contributed by atoms with Gasteiger partial charge in [-0.1, -0.05) is 34.8 Å². The van der Waals surface area contributed by atoms with Gasteiger partial charge in [-0.25, -0.2) is 9.67 Å². The number of aromatic nitrogens is 3. The summed E-state index contributed by atoms with van der Waals surface area (Å²) in [5.74, 6) is -0.398. The zero-order valence-corrected chi connectivity index (χ0v) is 12.0. The summed E-state index contributed by atoms with van der Waals surface area (Å²) >= 11 is 17.6. The molecular weight excluding hydrogens is 325 g/mol. The lowest BCUT2D eigenvalue weighted by molar-refractivity contribution is -0.116. The number of benzene rings is 1. The van der Waals surface area contributed by atoms with Gasteiger partial charge >= 0.3 is 0 Å². The van der Waals surface area contributed by atoms with Crippen molar-refractivity contribution in [2.75, 3.05) is 5.32 Å². The number of anilines is 1. The molecule has 0 aliphatic rings. The van der Waals surface area contributed by atoms with E-state index in [-0.39, 0.29) is 28.3 Å². The molecule has 0 aliphatic carbocycles. The van der Waals surface area contributed by atoms with Crippen LogP contribution in [0.25, 0.3) is 0 Å². The second kappa shape index (κ2) is 6.09. The number of amides is 1. The van der Waals surface area contributed by atoms with Crippen molar-refractivity contribution in [1.29, 1.82) is 5.26 Å². The number of carbonyl (C=O) groups is 1. The smallest absolute Gasteiger partial charge is 0.252 e. The van der Waals surface area contributed by atoms with E-state index in [0.717, 1.165) is 0 Å². The average Bonchev–Trinajstić information content (AvgIpc) is 2.83. The number of hydrogen-bond acceptors (Lipinski definition) is 4. The van der Waals surface area contributed by atoms with Crippen LogP contribution in [0.1, 0.15) is 5.82 Å². The minimum Gasteiger partial charge on any atom is -0.323 e. The Bertz CT molecular complexity index is 707. The second-order valence-electron chi connectivity index (χ2n) is 3.67. The zero-order chi connectivity index (χ0) is 14.7. The van der Waals surface area contributed by atoms with Crippen molar-refractivity contribution in [3.63, 3.8) is 0 Å². The first-order valence-corrected chi connectivity index (χ1v) is 6.37. The molecule has 0 radical (unpaired) electrons. The molecule has 1 aromatic carbocycles. The van der Waals surface area contributed by atoms with Crippen LogP contribution in [0.5, 0.6) is 0 Å². The van der Waals surface area contributed by atoms with Crippen LogP contribution in [0.4, 0.5) is 5.69 Å². The van der Waals surface area contributed by atoms with Gasteiger partial charge in [0.15, 0.2) is 0 Å². The van der Waals surface area contributed by atoms with Crippen molar-refractivity contribution < 1.29 is 4.79 Å². The maximum absolute atomic E-state index is 11.8. The fourth-order valence-corrected chi connectivity index (χ4v) is 1.97. The molecular formula is C11H6Cl3N5O. The normalized spacial score (nSPS) is 10.1. The van der Waals surface area contributed by atoms with Crippen molar-refractivity contribution >= 4 is 46.4 Å². The highest BCUT2D eigenvalue weighted by Crippen LogP contribution is 2.32. The van der Waals surface area contributed by atoms with Gasteiger partial charge in [0, 0.05) is 0 Å². The van der Waals surface area contributed by atoms with Gasteiger partial charge in [0.1, 0.15) is 18.9 Å². The molecule has 2 rings (SSSR count). The summed E-state index contributed by atoms with van der Waals surface area (Å²) in [6.45, 7) is -0.106. The number of nitrogens with zero attached hydrogens (tertiary/aromatic N) is 4. The predicted octanol–water partition coefficient (Wildman–Crippen LogP) is 2.75. The molecule has 102 valence electrons. The number of nitriles is 1. The third-order valence-corrected chi connectivity index (χ3v) is 3.26. The van der Waals surface area contributed by atoms with Crippen molar-refractivity contribution in [3.8, 4) is 6.07 Å². The van der Waals surface area contributed by atoms with Crippen LogP contribution in [-0.4, -0.2) is 20.7 Å². The molecule has 2 aromatic rings. The third-order valence-electron chi connectivity index (χ3n) is 2.23. The van der Waals surface area contributed by atoms with Gasteiger partial charge in [-0.05, 0) is 12.1 Å². The van der Waals surface area contributed by atoms with Gasteiger partial charge in [-0.3, -0.25) is 4.79 Å². The van der Waals surface area contributed by atoms with E-state index in [9.17, 15) is 4.79 Å². The van der Waals surface area contributed by atoms with E-state index >= 15 is 0 Å². The van der Waals surface area contributed by atoms with Crippen molar-refractivity contribution in [2.24, 2.45) is 0 Å². The van der Waals surface area contributed by atoms with Gasteiger partial charge in [0.05, 0.1) is 20.8 Å². The van der Waals surface area contributed by atoms with Crippen LogP contribution in [-0.2, 0) is 11.3 Å². The van der Waals surface area contributed by atoms with Crippen molar-refractivity contribution in [2.45, 2.75) is 6.54 Å². The minimum absolute atomic E-state index is 0.00892. The van der Waals surface area contributed by atoms with Gasteiger partial charge in [-0.15, -0.1) is 5.10 Å². The fourth-order valence-electron chi connectivity index (χ4n) is 1.38. The predicted molar refractivity (Wildman–Crippen MR) is 74.8 cm³/mol. The van der Waals surface area contributed by atoms with Gasteiger partial charge < -0.3 is 5.32 Å². The van der Waals surface area contributed by atoms with Gasteiger partial charge in [-0.2, -0.15) is 5.26 Å². The third kappa shape index (κ3) is 3.39. The van der Waals surface area contributed by atoms with Crippen LogP contribution in [0, 0.1) is 11.3 Å². The van der Waals surface area contributed by atoms with Crippen molar-refractivity contribution in [3.05, 3.63) is 39.4 Å². The molecule has 6 nitrogen and oxygen atoms in total. The maximum Gasteiger partial charge on any atom is 0.252 e. The molecule has 0 saturated heterocycles. The highest BCUT2D eigenvalue weighted by Gasteiger charge is 2.10. The maximum atomic E-state index is 11.8. The summed E-state index contributed by atoms with van der Waals surface area (Å²) in [7, 11) is 0. The van der Waals surface area contributed by atoms with Crippen LogP contribution >= 0.6 is 34.8 Å². The number of halogens is 3. The second-order valence-corrected chi connectivity index (χ2v) is 4.89. The first kappa shape index (κ1) is 14.6. The highest BCUT2D eigenvalue weighted by molar-refractivity contribution is 6.44. The molecule has 0 unspecified atom stereocenters. The summed E-state index contributed by atoms with van der Waals surface area (Å²) < 4.78 is 1.24. The Morgan fingerprint density at radius 3 is 2.65 bits per heavy atom. The number of hydrogen-bond donors (Lipinski definition) is 1. The van der Waals surface area contributed by atoms with Crippen LogP contribution in [0.15, 0.2) is 18.5 Å². The van der Waals surface area contributed by atoms with Gasteiger partial charge in [0.25, 0.3) is 5.82 Å². The standard InChI is InChI=1S/C11H6Cl3N5O/c12-6-1-8(14)9(2-7(6)13)17-11(20)4-19-5-16-10(3-15)18-19/h1-2,5H,4H2,(H,17,20). The number of nitrogens with one attached hydrogen (secondary N) is 1. The number of rotatable bonds is 3. The molecule has 1 N–H and O–H groups in total. The average molecular weight is 331 g/mol. The van der Waals surface area contributed by atoms with E-state index < -0.39 is 0 Å². The van der Waals surface area contributed by atoms with Crippen molar-refractivity contribution in [1.82, 2.24) is 14.8 Å². The first-order chi connectivity index (χ1) is 9.49. The van der Waals surface area contributed by atoms with E-state index in [1.165, 1.54) is 23.1 Å². The summed E-state index contributed by atoms with van der Waals surface area (Å²) in [4.78, 5) is 15.5. The lowest BCUT2D eigenvalue weighted by atomic mass is 10.3. The Morgan fingerprint density at radius 1 is 1.30 bits per heavy atom. The lowest BCUT2D eigenvalue weighted by Gasteiger charge is -2.08. The lowest BCUT2D eigenvalue weighted by Crippen LogP contribution is -2.19. The molecule has 1 amide bonds. The Labute approximate surface area is 128 Å². The molecule has 0 fully saturated rings. The summed E-state index contributed by atoms with van der Waals surface area (Å²) in [5.41, 5.74) is 0.340. The minimum atomic E-state index is -0.389. The van der Waals surface area contributed by atoms with E-state index in [1.807, 2.05) is 0 Å². The Morgan fingerprint density at radius 2 is 2.00 bits per heavy atom. The molecule has 20 heavy (non-hydrogen) atoms. The van der Waals surface area contributed by atoms with Crippen LogP contribution < -0.4 is 5.32 Å². The van der Waals surface area contributed by atoms with E-state index in [4.69, 9.17) is 40.1 Å².